The van der Waals surface area contributed by atoms with E-state index >= 15 is 0 Å². The van der Waals surface area contributed by atoms with E-state index in [0.29, 0.717) is 0 Å². The fraction of sp³-hybridized carbons (Fsp3) is 0.714. The fourth-order valence-electron chi connectivity index (χ4n) is 1.92. The summed E-state index contributed by atoms with van der Waals surface area (Å²) in [5.41, 5.74) is 0. The van der Waals surface area contributed by atoms with E-state index in [1.54, 1.807) is 6.26 Å². The van der Waals surface area contributed by atoms with E-state index in [-0.39, 0.29) is 0 Å². The van der Waals surface area contributed by atoms with Crippen LogP contribution in [0.3, 0.4) is 0 Å². The van der Waals surface area contributed by atoms with Gasteiger partial charge in [-0.1, -0.05) is 33.1 Å². The second-order valence-electron chi connectivity index (χ2n) is 4.45. The SMILES string of the molecule is CCCCC(CC)CNCCc1ccco1. The second kappa shape index (κ2) is 8.40. The van der Waals surface area contributed by atoms with E-state index in [2.05, 4.69) is 19.2 Å². The van der Waals surface area contributed by atoms with Gasteiger partial charge in [0, 0.05) is 13.0 Å². The molecule has 0 radical (unpaired) electrons. The molecule has 0 fully saturated rings. The molecule has 0 aromatic carbocycles. The van der Waals surface area contributed by atoms with Crippen LogP contribution >= 0.6 is 0 Å². The highest BCUT2D eigenvalue weighted by atomic mass is 16.3. The van der Waals surface area contributed by atoms with E-state index in [9.17, 15) is 0 Å². The molecule has 0 saturated heterocycles. The summed E-state index contributed by atoms with van der Waals surface area (Å²) < 4.78 is 5.29. The number of unbranched alkanes of at least 4 members (excludes halogenated alkanes) is 1. The molecule has 16 heavy (non-hydrogen) atoms. The predicted molar refractivity (Wildman–Crippen MR) is 68.6 cm³/mol. The Balaban J connectivity index is 2.04. The van der Waals surface area contributed by atoms with Gasteiger partial charge in [-0.3, -0.25) is 0 Å². The molecule has 1 rings (SSSR count). The molecule has 1 aromatic heterocycles. The Morgan fingerprint density at radius 2 is 2.25 bits per heavy atom. The van der Waals surface area contributed by atoms with Crippen molar-refractivity contribution in [3.63, 3.8) is 0 Å². The molecule has 1 unspecified atom stereocenters. The summed E-state index contributed by atoms with van der Waals surface area (Å²) in [5, 5.41) is 3.52. The Morgan fingerprint density at radius 1 is 1.38 bits per heavy atom. The summed E-state index contributed by atoms with van der Waals surface area (Å²) >= 11 is 0. The molecular weight excluding hydrogens is 198 g/mol. The summed E-state index contributed by atoms with van der Waals surface area (Å²) in [6.07, 6.45) is 8.05. The van der Waals surface area contributed by atoms with E-state index in [4.69, 9.17) is 4.42 Å². The lowest BCUT2D eigenvalue weighted by atomic mass is 9.99. The van der Waals surface area contributed by atoms with Gasteiger partial charge in [-0.05, 0) is 31.0 Å². The van der Waals surface area contributed by atoms with Crippen molar-refractivity contribution in [2.45, 2.75) is 46.0 Å². The number of nitrogens with one attached hydrogen (secondary N) is 1. The lowest BCUT2D eigenvalue weighted by molar-refractivity contribution is 0.415. The molecule has 0 spiro atoms. The van der Waals surface area contributed by atoms with Crippen molar-refractivity contribution in [2.24, 2.45) is 5.92 Å². The van der Waals surface area contributed by atoms with Gasteiger partial charge < -0.3 is 9.73 Å². The second-order valence-corrected chi connectivity index (χ2v) is 4.45. The fourth-order valence-corrected chi connectivity index (χ4v) is 1.92. The monoisotopic (exact) mass is 223 g/mol. The minimum atomic E-state index is 0.844. The Morgan fingerprint density at radius 3 is 2.88 bits per heavy atom. The van der Waals surface area contributed by atoms with Crippen LogP contribution in [0.15, 0.2) is 22.8 Å². The quantitative estimate of drug-likeness (QED) is 0.647. The molecule has 1 heterocycles. The van der Waals surface area contributed by atoms with Crippen LogP contribution in [0.4, 0.5) is 0 Å². The van der Waals surface area contributed by atoms with Crippen molar-refractivity contribution in [3.8, 4) is 0 Å². The van der Waals surface area contributed by atoms with Crippen molar-refractivity contribution >= 4 is 0 Å². The number of hydrogen-bond donors (Lipinski definition) is 1. The first kappa shape index (κ1) is 13.3. The molecule has 1 atom stereocenters. The lowest BCUT2D eigenvalue weighted by Gasteiger charge is -2.14. The standard InChI is InChI=1S/C14H25NO/c1-3-5-7-13(4-2)12-15-10-9-14-8-6-11-16-14/h6,8,11,13,15H,3-5,7,9-10,12H2,1-2H3. The van der Waals surface area contributed by atoms with Gasteiger partial charge in [-0.15, -0.1) is 0 Å². The molecule has 0 saturated carbocycles. The van der Waals surface area contributed by atoms with E-state index in [1.165, 1.54) is 25.7 Å². The van der Waals surface area contributed by atoms with E-state index < -0.39 is 0 Å². The maximum absolute atomic E-state index is 5.29. The lowest BCUT2D eigenvalue weighted by Crippen LogP contribution is -2.24. The van der Waals surface area contributed by atoms with Crippen LogP contribution < -0.4 is 5.32 Å². The van der Waals surface area contributed by atoms with Gasteiger partial charge in [0.25, 0.3) is 0 Å². The third-order valence-electron chi connectivity index (χ3n) is 3.10. The molecule has 92 valence electrons. The van der Waals surface area contributed by atoms with Crippen molar-refractivity contribution in [2.75, 3.05) is 13.1 Å². The predicted octanol–water partition coefficient (Wildman–Crippen LogP) is 3.63. The maximum atomic E-state index is 5.29. The zero-order valence-corrected chi connectivity index (χ0v) is 10.7. The molecule has 0 aliphatic carbocycles. The molecule has 0 aliphatic rings. The Hall–Kier alpha value is -0.760. The number of hydrogen-bond acceptors (Lipinski definition) is 2. The van der Waals surface area contributed by atoms with Gasteiger partial charge >= 0.3 is 0 Å². The maximum Gasteiger partial charge on any atom is 0.105 e. The van der Waals surface area contributed by atoms with Gasteiger partial charge in [0.2, 0.25) is 0 Å². The van der Waals surface area contributed by atoms with Gasteiger partial charge in [0.05, 0.1) is 6.26 Å². The minimum absolute atomic E-state index is 0.844. The summed E-state index contributed by atoms with van der Waals surface area (Å²) in [7, 11) is 0. The number of furan rings is 1. The molecule has 0 bridgehead atoms. The van der Waals surface area contributed by atoms with Crippen LogP contribution in [0, 0.1) is 5.92 Å². The molecule has 1 aromatic rings. The number of rotatable bonds is 9. The van der Waals surface area contributed by atoms with Crippen LogP contribution in [0.25, 0.3) is 0 Å². The highest BCUT2D eigenvalue weighted by molar-refractivity contribution is 4.98. The third-order valence-corrected chi connectivity index (χ3v) is 3.10. The zero-order valence-electron chi connectivity index (χ0n) is 10.7. The van der Waals surface area contributed by atoms with E-state index in [0.717, 1.165) is 31.2 Å². The van der Waals surface area contributed by atoms with Crippen molar-refractivity contribution < 1.29 is 4.42 Å². The summed E-state index contributed by atoms with van der Waals surface area (Å²) in [6, 6.07) is 3.99. The molecule has 0 aliphatic heterocycles. The Labute approximate surface area is 99.4 Å². The van der Waals surface area contributed by atoms with Crippen molar-refractivity contribution in [1.29, 1.82) is 0 Å². The average Bonchev–Trinajstić information content (AvgIpc) is 2.81. The highest BCUT2D eigenvalue weighted by Gasteiger charge is 2.04. The van der Waals surface area contributed by atoms with Crippen LogP contribution in [0.2, 0.25) is 0 Å². The van der Waals surface area contributed by atoms with Crippen LogP contribution in [-0.4, -0.2) is 13.1 Å². The van der Waals surface area contributed by atoms with Crippen LogP contribution in [-0.2, 0) is 6.42 Å². The van der Waals surface area contributed by atoms with Gasteiger partial charge in [0.1, 0.15) is 5.76 Å². The van der Waals surface area contributed by atoms with Crippen molar-refractivity contribution in [1.82, 2.24) is 5.32 Å². The summed E-state index contributed by atoms with van der Waals surface area (Å²) in [5.74, 6) is 1.92. The molecule has 1 N–H and O–H groups in total. The largest absolute Gasteiger partial charge is 0.469 e. The van der Waals surface area contributed by atoms with Gasteiger partial charge in [-0.2, -0.15) is 0 Å². The average molecular weight is 223 g/mol. The molecule has 0 amide bonds. The van der Waals surface area contributed by atoms with Crippen LogP contribution in [0.5, 0.6) is 0 Å². The van der Waals surface area contributed by atoms with Gasteiger partial charge in [0.15, 0.2) is 0 Å². The third kappa shape index (κ3) is 5.36. The molecule has 2 heteroatoms. The molecular formula is C14H25NO. The van der Waals surface area contributed by atoms with Gasteiger partial charge in [-0.25, -0.2) is 0 Å². The summed E-state index contributed by atoms with van der Waals surface area (Å²) in [4.78, 5) is 0. The first-order chi connectivity index (χ1) is 7.86. The molecule has 2 nitrogen and oxygen atoms in total. The minimum Gasteiger partial charge on any atom is -0.469 e. The van der Waals surface area contributed by atoms with Crippen molar-refractivity contribution in [3.05, 3.63) is 24.2 Å². The topological polar surface area (TPSA) is 25.2 Å². The zero-order chi connectivity index (χ0) is 11.6. The van der Waals surface area contributed by atoms with Crippen LogP contribution in [0.1, 0.15) is 45.3 Å². The first-order valence-electron chi connectivity index (χ1n) is 6.59. The summed E-state index contributed by atoms with van der Waals surface area (Å²) in [6.45, 7) is 6.72. The smallest absolute Gasteiger partial charge is 0.105 e. The normalized spacial score (nSPS) is 12.9. The Bertz CT molecular complexity index is 243. The highest BCUT2D eigenvalue weighted by Crippen LogP contribution is 2.11. The van der Waals surface area contributed by atoms with E-state index in [1.807, 2.05) is 12.1 Å². The Kier molecular flexibility index (Phi) is 6.98. The first-order valence-corrected chi connectivity index (χ1v) is 6.59.